The molecule has 0 aliphatic carbocycles. The van der Waals surface area contributed by atoms with Crippen molar-refractivity contribution in [2.24, 2.45) is 5.73 Å². The number of hydrogen-bond acceptors (Lipinski definition) is 3. The molecule has 1 aromatic heterocycles. The number of pyridine rings is 1. The maximum absolute atomic E-state index is 11.9. The molecule has 0 aliphatic heterocycles. The van der Waals surface area contributed by atoms with E-state index in [0.717, 1.165) is 16.5 Å². The van der Waals surface area contributed by atoms with E-state index in [-0.39, 0.29) is 12.6 Å². The van der Waals surface area contributed by atoms with Gasteiger partial charge < -0.3 is 10.5 Å². The highest BCUT2D eigenvalue weighted by molar-refractivity contribution is 5.78. The van der Waals surface area contributed by atoms with Crippen LogP contribution in [0.3, 0.4) is 0 Å². The molecule has 3 nitrogen and oxygen atoms in total. The van der Waals surface area contributed by atoms with Crippen molar-refractivity contribution in [1.29, 1.82) is 0 Å². The van der Waals surface area contributed by atoms with E-state index >= 15 is 0 Å². The van der Waals surface area contributed by atoms with Crippen LogP contribution in [0.25, 0.3) is 10.9 Å². The first-order chi connectivity index (χ1) is 9.16. The van der Waals surface area contributed by atoms with Crippen LogP contribution in [0.15, 0.2) is 36.5 Å². The Bertz CT molecular complexity index is 534. The van der Waals surface area contributed by atoms with E-state index < -0.39 is 13.0 Å². The Morgan fingerprint density at radius 3 is 2.89 bits per heavy atom. The van der Waals surface area contributed by atoms with Crippen LogP contribution >= 0.6 is 0 Å². The maximum atomic E-state index is 11.9. The second-order valence-electron chi connectivity index (χ2n) is 4.32. The summed E-state index contributed by atoms with van der Waals surface area (Å²) in [6, 6.07) is 9.43. The minimum Gasteiger partial charge on any atom is -0.375 e. The smallest absolute Gasteiger partial charge is 0.261 e. The molecule has 0 saturated carbocycles. The van der Waals surface area contributed by atoms with Gasteiger partial charge in [0.15, 0.2) is 0 Å². The van der Waals surface area contributed by atoms with Gasteiger partial charge in [-0.05, 0) is 24.1 Å². The third-order valence-corrected chi connectivity index (χ3v) is 2.88. The Morgan fingerprint density at radius 1 is 1.26 bits per heavy atom. The molecule has 1 unspecified atom stereocenters. The third-order valence-electron chi connectivity index (χ3n) is 2.88. The van der Waals surface area contributed by atoms with Gasteiger partial charge in [0.05, 0.1) is 5.52 Å². The second kappa shape index (κ2) is 6.54. The molecule has 0 spiro atoms. The average Bonchev–Trinajstić information content (AvgIpc) is 2.42. The van der Waals surface area contributed by atoms with Crippen molar-refractivity contribution in [1.82, 2.24) is 4.98 Å². The molecule has 0 amide bonds. The van der Waals surface area contributed by atoms with Gasteiger partial charge in [-0.1, -0.05) is 18.2 Å². The zero-order valence-corrected chi connectivity index (χ0v) is 10.4. The lowest BCUT2D eigenvalue weighted by molar-refractivity contribution is 0.0152. The summed E-state index contributed by atoms with van der Waals surface area (Å²) in [5.74, 6) is 0. The monoisotopic (exact) mass is 266 g/mol. The minimum atomic E-state index is -2.43. The summed E-state index contributed by atoms with van der Waals surface area (Å²) in [4.78, 5) is 4.26. The van der Waals surface area contributed by atoms with Crippen molar-refractivity contribution in [2.75, 3.05) is 13.2 Å². The van der Waals surface area contributed by atoms with E-state index in [1.165, 1.54) is 0 Å². The molecule has 102 valence electrons. The van der Waals surface area contributed by atoms with Gasteiger partial charge >= 0.3 is 0 Å². The number of ether oxygens (including phenoxy) is 1. The molecule has 2 aromatic rings. The molecule has 0 aliphatic rings. The topological polar surface area (TPSA) is 48.1 Å². The number of nitrogens with zero attached hydrogens (tertiary/aromatic N) is 1. The van der Waals surface area contributed by atoms with E-state index in [0.29, 0.717) is 6.42 Å². The van der Waals surface area contributed by atoms with Crippen LogP contribution in [0.1, 0.15) is 18.0 Å². The average molecular weight is 266 g/mol. The number of benzene rings is 1. The molecule has 1 aromatic carbocycles. The fraction of sp³-hybridized carbons (Fsp3) is 0.357. The highest BCUT2D eigenvalue weighted by Crippen LogP contribution is 2.19. The zero-order chi connectivity index (χ0) is 13.7. The summed E-state index contributed by atoms with van der Waals surface area (Å²) in [5, 5.41) is 1.05. The van der Waals surface area contributed by atoms with Crippen LogP contribution in [0.5, 0.6) is 0 Å². The molecule has 0 fully saturated rings. The first-order valence-electron chi connectivity index (χ1n) is 6.13. The van der Waals surface area contributed by atoms with E-state index in [1.54, 1.807) is 6.20 Å². The summed E-state index contributed by atoms with van der Waals surface area (Å²) < 4.78 is 28.6. The summed E-state index contributed by atoms with van der Waals surface area (Å²) in [7, 11) is 0. The molecule has 5 heteroatoms. The van der Waals surface area contributed by atoms with Crippen LogP contribution in [0.2, 0.25) is 0 Å². The number of rotatable bonds is 6. The van der Waals surface area contributed by atoms with Crippen molar-refractivity contribution in [3.63, 3.8) is 0 Å². The zero-order valence-electron chi connectivity index (χ0n) is 10.4. The minimum absolute atomic E-state index is 0.228. The Hall–Kier alpha value is -1.59. The van der Waals surface area contributed by atoms with Crippen LogP contribution in [0.4, 0.5) is 8.78 Å². The summed E-state index contributed by atoms with van der Waals surface area (Å²) >= 11 is 0. The van der Waals surface area contributed by atoms with E-state index in [2.05, 4.69) is 4.98 Å². The van der Waals surface area contributed by atoms with Gasteiger partial charge in [-0.25, -0.2) is 8.78 Å². The van der Waals surface area contributed by atoms with E-state index in [4.69, 9.17) is 10.5 Å². The molecule has 19 heavy (non-hydrogen) atoms. The van der Waals surface area contributed by atoms with Crippen LogP contribution < -0.4 is 5.73 Å². The first kappa shape index (κ1) is 13.8. The van der Waals surface area contributed by atoms with Crippen molar-refractivity contribution in [2.45, 2.75) is 18.9 Å². The first-order valence-corrected chi connectivity index (χ1v) is 6.13. The van der Waals surface area contributed by atoms with Gasteiger partial charge in [0.2, 0.25) is 0 Å². The highest BCUT2D eigenvalue weighted by Gasteiger charge is 2.08. The number of aromatic nitrogens is 1. The summed E-state index contributed by atoms with van der Waals surface area (Å²) in [6.45, 7) is -0.308. The highest BCUT2D eigenvalue weighted by atomic mass is 19.3. The van der Waals surface area contributed by atoms with Gasteiger partial charge in [-0.15, -0.1) is 0 Å². The number of fused-ring (bicyclic) bond motifs is 1. The molecule has 2 rings (SSSR count). The van der Waals surface area contributed by atoms with E-state index in [1.807, 2.05) is 30.3 Å². The molecular formula is C14H16F2N2O. The Kier molecular flexibility index (Phi) is 4.76. The molecule has 0 bridgehead atoms. The fourth-order valence-electron chi connectivity index (χ4n) is 1.86. The van der Waals surface area contributed by atoms with Gasteiger partial charge in [-0.2, -0.15) is 0 Å². The predicted octanol–water partition coefficient (Wildman–Crippen LogP) is 2.91. The van der Waals surface area contributed by atoms with Crippen LogP contribution in [-0.2, 0) is 4.74 Å². The van der Waals surface area contributed by atoms with Gasteiger partial charge in [0.25, 0.3) is 6.43 Å². The molecular weight excluding hydrogens is 250 g/mol. The van der Waals surface area contributed by atoms with Crippen LogP contribution in [-0.4, -0.2) is 24.6 Å². The van der Waals surface area contributed by atoms with Gasteiger partial charge in [-0.3, -0.25) is 4.98 Å². The second-order valence-corrected chi connectivity index (χ2v) is 4.32. The number of hydrogen-bond donors (Lipinski definition) is 1. The van der Waals surface area contributed by atoms with Crippen molar-refractivity contribution >= 4 is 10.9 Å². The fourth-order valence-corrected chi connectivity index (χ4v) is 1.86. The standard InChI is InChI=1S/C14H16F2N2O/c15-14(16)9-19-7-5-12(17)11-4-3-10-2-1-6-18-13(10)8-11/h1-4,6,8,12,14H,5,7,9,17H2. The summed E-state index contributed by atoms with van der Waals surface area (Å²) in [5.41, 5.74) is 7.82. The summed E-state index contributed by atoms with van der Waals surface area (Å²) in [6.07, 6.45) is -0.199. The lowest BCUT2D eigenvalue weighted by Crippen LogP contribution is -2.14. The quantitative estimate of drug-likeness (QED) is 0.818. The number of nitrogens with two attached hydrogens (primary N) is 1. The lowest BCUT2D eigenvalue weighted by atomic mass is 10.0. The normalized spacial score (nSPS) is 13.1. The van der Waals surface area contributed by atoms with E-state index in [9.17, 15) is 8.78 Å². The number of halogens is 2. The SMILES string of the molecule is NC(CCOCC(F)F)c1ccc2cccnc2c1. The largest absolute Gasteiger partial charge is 0.375 e. The molecule has 2 N–H and O–H groups in total. The lowest BCUT2D eigenvalue weighted by Gasteiger charge is -2.12. The number of alkyl halides is 2. The Morgan fingerprint density at radius 2 is 2.11 bits per heavy atom. The van der Waals surface area contributed by atoms with Crippen molar-refractivity contribution in [3.8, 4) is 0 Å². The van der Waals surface area contributed by atoms with Gasteiger partial charge in [0.1, 0.15) is 6.61 Å². The van der Waals surface area contributed by atoms with Crippen LogP contribution in [0, 0.1) is 0 Å². The predicted molar refractivity (Wildman–Crippen MR) is 70.1 cm³/mol. The van der Waals surface area contributed by atoms with Crippen molar-refractivity contribution < 1.29 is 13.5 Å². The van der Waals surface area contributed by atoms with Crippen molar-refractivity contribution in [3.05, 3.63) is 42.1 Å². The molecule has 0 saturated heterocycles. The molecule has 1 atom stereocenters. The molecule has 1 heterocycles. The van der Waals surface area contributed by atoms with Gasteiger partial charge in [0, 0.05) is 24.2 Å². The Labute approximate surface area is 110 Å². The molecule has 0 radical (unpaired) electrons. The third kappa shape index (κ3) is 3.94. The Balaban J connectivity index is 1.95. The maximum Gasteiger partial charge on any atom is 0.261 e.